The molecule has 1 aliphatic rings. The van der Waals surface area contributed by atoms with Crippen LogP contribution in [-0.2, 0) is 4.74 Å². The van der Waals surface area contributed by atoms with Crippen LogP contribution in [0.25, 0.3) is 0 Å². The van der Waals surface area contributed by atoms with Crippen LogP contribution in [0.4, 0.5) is 10.6 Å². The molecule has 23 heavy (non-hydrogen) atoms. The first-order valence-corrected chi connectivity index (χ1v) is 8.47. The number of anilines is 1. The van der Waals surface area contributed by atoms with Crippen molar-refractivity contribution in [3.63, 3.8) is 0 Å². The third-order valence-electron chi connectivity index (χ3n) is 3.60. The van der Waals surface area contributed by atoms with E-state index < -0.39 is 0 Å². The van der Waals surface area contributed by atoms with Gasteiger partial charge in [-0.25, -0.2) is 9.78 Å². The zero-order chi connectivity index (χ0) is 16.4. The number of aromatic nitrogens is 2. The van der Waals surface area contributed by atoms with E-state index in [1.54, 1.807) is 22.3 Å². The highest BCUT2D eigenvalue weighted by Crippen LogP contribution is 2.25. The van der Waals surface area contributed by atoms with Crippen LogP contribution in [0.3, 0.4) is 0 Å². The number of hydrogen-bond donors (Lipinski definition) is 1. The first-order valence-electron chi connectivity index (χ1n) is 7.59. The van der Waals surface area contributed by atoms with Gasteiger partial charge in [0.2, 0.25) is 0 Å². The van der Waals surface area contributed by atoms with Gasteiger partial charge in [-0.15, -0.1) is 11.3 Å². The smallest absolute Gasteiger partial charge is 0.323 e. The molecule has 2 aromatic heterocycles. The van der Waals surface area contributed by atoms with Crippen LogP contribution in [-0.4, -0.2) is 40.8 Å². The standard InChI is InChI=1S/C15H20N4O3S/c1-9(2)11-6-13(18-22-11)17-15(20)19-4-5-21-12(7-19)14-16-10(3)8-23-14/h6,8-9,12H,4-5,7H2,1-3H3,(H,17,18,20). The molecule has 1 atom stereocenters. The fourth-order valence-corrected chi connectivity index (χ4v) is 3.15. The molecule has 0 radical (unpaired) electrons. The summed E-state index contributed by atoms with van der Waals surface area (Å²) >= 11 is 1.56. The summed E-state index contributed by atoms with van der Waals surface area (Å²) in [5.74, 6) is 1.42. The summed E-state index contributed by atoms with van der Waals surface area (Å²) in [4.78, 5) is 18.5. The molecule has 0 aliphatic carbocycles. The second kappa shape index (κ2) is 6.67. The Hall–Kier alpha value is -1.93. The van der Waals surface area contributed by atoms with Crippen LogP contribution in [0, 0.1) is 6.92 Å². The molecule has 0 aromatic carbocycles. The van der Waals surface area contributed by atoms with E-state index in [1.807, 2.05) is 26.2 Å². The van der Waals surface area contributed by atoms with E-state index in [-0.39, 0.29) is 18.1 Å². The molecule has 1 N–H and O–H groups in total. The van der Waals surface area contributed by atoms with Crippen LogP contribution in [0.1, 0.15) is 42.3 Å². The monoisotopic (exact) mass is 336 g/mol. The lowest BCUT2D eigenvalue weighted by atomic mass is 10.2. The summed E-state index contributed by atoms with van der Waals surface area (Å²) < 4.78 is 10.9. The van der Waals surface area contributed by atoms with E-state index in [9.17, 15) is 4.79 Å². The SMILES string of the molecule is Cc1csc(C2CN(C(=O)Nc3cc(C(C)C)on3)CCO2)n1. The van der Waals surface area contributed by atoms with Gasteiger partial charge < -0.3 is 14.2 Å². The fourth-order valence-electron chi connectivity index (χ4n) is 2.31. The Morgan fingerprint density at radius 2 is 2.35 bits per heavy atom. The van der Waals surface area contributed by atoms with Gasteiger partial charge in [0.15, 0.2) is 5.82 Å². The zero-order valence-corrected chi connectivity index (χ0v) is 14.2. The number of nitrogens with zero attached hydrogens (tertiary/aromatic N) is 3. The van der Waals surface area contributed by atoms with Crippen molar-refractivity contribution in [2.24, 2.45) is 0 Å². The van der Waals surface area contributed by atoms with E-state index in [0.717, 1.165) is 16.5 Å². The van der Waals surface area contributed by atoms with Crippen LogP contribution in [0.2, 0.25) is 0 Å². The van der Waals surface area contributed by atoms with Crippen molar-refractivity contribution in [1.29, 1.82) is 0 Å². The molecule has 1 aliphatic heterocycles. The van der Waals surface area contributed by atoms with Crippen molar-refractivity contribution in [3.05, 3.63) is 27.9 Å². The van der Waals surface area contributed by atoms with Gasteiger partial charge in [-0.05, 0) is 6.92 Å². The second-order valence-electron chi connectivity index (χ2n) is 5.83. The Balaban J connectivity index is 1.62. The first-order chi connectivity index (χ1) is 11.0. The van der Waals surface area contributed by atoms with Gasteiger partial charge in [0.05, 0.1) is 13.2 Å². The molecular formula is C15H20N4O3S. The molecule has 3 rings (SSSR count). The molecule has 1 unspecified atom stereocenters. The van der Waals surface area contributed by atoms with Crippen LogP contribution in [0.15, 0.2) is 16.0 Å². The van der Waals surface area contributed by atoms with Gasteiger partial charge in [0.1, 0.15) is 16.9 Å². The van der Waals surface area contributed by atoms with Crippen molar-refractivity contribution >= 4 is 23.2 Å². The molecule has 2 aromatic rings. The number of morpholine rings is 1. The first kappa shape index (κ1) is 15.9. The lowest BCUT2D eigenvalue weighted by molar-refractivity contribution is -0.0136. The fraction of sp³-hybridized carbons (Fsp3) is 0.533. The minimum absolute atomic E-state index is 0.170. The van der Waals surface area contributed by atoms with Crippen molar-refractivity contribution in [3.8, 4) is 0 Å². The van der Waals surface area contributed by atoms with Crippen molar-refractivity contribution in [1.82, 2.24) is 15.0 Å². The average molecular weight is 336 g/mol. The highest BCUT2D eigenvalue weighted by Gasteiger charge is 2.27. The van der Waals surface area contributed by atoms with Crippen LogP contribution < -0.4 is 5.32 Å². The number of thiazole rings is 1. The van der Waals surface area contributed by atoms with E-state index >= 15 is 0 Å². The Morgan fingerprint density at radius 3 is 3.00 bits per heavy atom. The molecule has 8 heteroatoms. The van der Waals surface area contributed by atoms with Crippen molar-refractivity contribution < 1.29 is 14.1 Å². The molecule has 7 nitrogen and oxygen atoms in total. The summed E-state index contributed by atoms with van der Waals surface area (Å²) in [6.45, 7) is 7.48. The number of rotatable bonds is 3. The normalized spacial score (nSPS) is 18.4. The highest BCUT2D eigenvalue weighted by molar-refractivity contribution is 7.09. The Kier molecular flexibility index (Phi) is 4.63. The van der Waals surface area contributed by atoms with Gasteiger partial charge in [-0.3, -0.25) is 5.32 Å². The molecule has 3 heterocycles. The maximum Gasteiger partial charge on any atom is 0.323 e. The summed E-state index contributed by atoms with van der Waals surface area (Å²) in [5, 5.41) is 9.54. The van der Waals surface area contributed by atoms with Gasteiger partial charge in [0, 0.05) is 29.6 Å². The summed E-state index contributed by atoms with van der Waals surface area (Å²) in [7, 11) is 0. The number of urea groups is 1. The van der Waals surface area contributed by atoms with Crippen LogP contribution in [0.5, 0.6) is 0 Å². The van der Waals surface area contributed by atoms with Gasteiger partial charge in [-0.2, -0.15) is 0 Å². The number of ether oxygens (including phenoxy) is 1. The summed E-state index contributed by atoms with van der Waals surface area (Å²) in [6, 6.07) is 1.56. The van der Waals surface area contributed by atoms with E-state index in [1.165, 1.54) is 0 Å². The lowest BCUT2D eigenvalue weighted by Gasteiger charge is -2.31. The number of hydrogen-bond acceptors (Lipinski definition) is 6. The maximum absolute atomic E-state index is 12.4. The third-order valence-corrected chi connectivity index (χ3v) is 4.65. The average Bonchev–Trinajstić information content (AvgIpc) is 3.16. The minimum atomic E-state index is -0.199. The molecule has 0 saturated carbocycles. The molecule has 2 amide bonds. The topological polar surface area (TPSA) is 80.5 Å². The molecule has 124 valence electrons. The lowest BCUT2D eigenvalue weighted by Crippen LogP contribution is -2.44. The molecule has 1 fully saturated rings. The van der Waals surface area contributed by atoms with E-state index in [2.05, 4.69) is 15.5 Å². The van der Waals surface area contributed by atoms with Gasteiger partial charge >= 0.3 is 6.03 Å². The number of carbonyl (C=O) groups is 1. The molecular weight excluding hydrogens is 316 g/mol. The minimum Gasteiger partial charge on any atom is -0.367 e. The Morgan fingerprint density at radius 1 is 1.52 bits per heavy atom. The van der Waals surface area contributed by atoms with E-state index in [0.29, 0.717) is 25.5 Å². The number of nitrogens with one attached hydrogen (secondary N) is 1. The molecule has 0 bridgehead atoms. The van der Waals surface area contributed by atoms with Crippen molar-refractivity contribution in [2.75, 3.05) is 25.0 Å². The van der Waals surface area contributed by atoms with Crippen LogP contribution >= 0.6 is 11.3 Å². The molecule has 0 spiro atoms. The Labute approximate surface area is 138 Å². The predicted octanol–water partition coefficient (Wildman–Crippen LogP) is 3.17. The number of aryl methyl sites for hydroxylation is 1. The van der Waals surface area contributed by atoms with Gasteiger partial charge in [-0.1, -0.05) is 19.0 Å². The predicted molar refractivity (Wildman–Crippen MR) is 86.7 cm³/mol. The third kappa shape index (κ3) is 3.70. The highest BCUT2D eigenvalue weighted by atomic mass is 32.1. The number of amides is 2. The quantitative estimate of drug-likeness (QED) is 0.931. The van der Waals surface area contributed by atoms with Crippen molar-refractivity contribution in [2.45, 2.75) is 32.8 Å². The summed E-state index contributed by atoms with van der Waals surface area (Å²) in [5.41, 5.74) is 0.971. The Bertz CT molecular complexity index is 682. The van der Waals surface area contributed by atoms with E-state index in [4.69, 9.17) is 9.26 Å². The maximum atomic E-state index is 12.4. The second-order valence-corrected chi connectivity index (χ2v) is 6.72. The largest absolute Gasteiger partial charge is 0.367 e. The van der Waals surface area contributed by atoms with Gasteiger partial charge in [0.25, 0.3) is 0 Å². The number of carbonyl (C=O) groups excluding carboxylic acids is 1. The summed E-state index contributed by atoms with van der Waals surface area (Å²) in [6.07, 6.45) is -0.170. The zero-order valence-electron chi connectivity index (χ0n) is 13.4. The molecule has 1 saturated heterocycles.